The average molecular weight is 289 g/mol. The summed E-state index contributed by atoms with van der Waals surface area (Å²) in [6.07, 6.45) is 5.86. The van der Waals surface area contributed by atoms with Gasteiger partial charge in [-0.05, 0) is 19.4 Å². The van der Waals surface area contributed by atoms with Crippen molar-refractivity contribution in [3.63, 3.8) is 0 Å². The minimum Gasteiger partial charge on any atom is -0.311 e. The quantitative estimate of drug-likeness (QED) is 0.785. The van der Waals surface area contributed by atoms with E-state index in [1.165, 1.54) is 5.69 Å². The number of aromatic nitrogens is 4. The fourth-order valence-electron chi connectivity index (χ4n) is 2.26. The van der Waals surface area contributed by atoms with Crippen molar-refractivity contribution in [1.29, 1.82) is 0 Å². The average Bonchev–Trinajstić information content (AvgIpc) is 3.05. The lowest BCUT2D eigenvalue weighted by Gasteiger charge is -2.09. The number of nitrogens with zero attached hydrogens (tertiary/aromatic N) is 4. The first-order valence-corrected chi connectivity index (χ1v) is 7.70. The highest BCUT2D eigenvalue weighted by molar-refractivity contribution is 7.15. The van der Waals surface area contributed by atoms with Crippen molar-refractivity contribution >= 4 is 16.3 Å². The second kappa shape index (κ2) is 5.38. The van der Waals surface area contributed by atoms with E-state index in [1.807, 2.05) is 23.9 Å². The maximum atomic E-state index is 4.74. The second-order valence-corrected chi connectivity index (χ2v) is 6.18. The van der Waals surface area contributed by atoms with Crippen LogP contribution in [-0.4, -0.2) is 25.5 Å². The molecule has 0 saturated carbocycles. The molecule has 3 rings (SSSR count). The summed E-state index contributed by atoms with van der Waals surface area (Å²) in [6, 6.07) is 0. The fraction of sp³-hybridized carbons (Fsp3) is 0.429. The van der Waals surface area contributed by atoms with Gasteiger partial charge >= 0.3 is 0 Å². The number of nitrogens with one attached hydrogen (secondary N) is 1. The Labute approximate surface area is 122 Å². The van der Waals surface area contributed by atoms with Crippen molar-refractivity contribution in [3.05, 3.63) is 35.5 Å². The van der Waals surface area contributed by atoms with Gasteiger partial charge in [-0.25, -0.2) is 9.97 Å². The largest absolute Gasteiger partial charge is 0.311 e. The summed E-state index contributed by atoms with van der Waals surface area (Å²) in [6.45, 7) is 8.23. The Morgan fingerprint density at radius 2 is 2.20 bits per heavy atom. The third-order valence-electron chi connectivity index (χ3n) is 3.24. The highest BCUT2D eigenvalue weighted by Crippen LogP contribution is 2.21. The number of imidazole rings is 2. The van der Waals surface area contributed by atoms with E-state index in [0.717, 1.165) is 29.7 Å². The Kier molecular flexibility index (Phi) is 3.58. The van der Waals surface area contributed by atoms with Crippen LogP contribution in [0.5, 0.6) is 0 Å². The van der Waals surface area contributed by atoms with E-state index in [4.69, 9.17) is 4.98 Å². The predicted molar refractivity (Wildman–Crippen MR) is 81.5 cm³/mol. The van der Waals surface area contributed by atoms with E-state index < -0.39 is 0 Å². The summed E-state index contributed by atoms with van der Waals surface area (Å²) in [4.78, 5) is 10.1. The van der Waals surface area contributed by atoms with Crippen LogP contribution in [0.3, 0.4) is 0 Å². The molecular formula is C14H19N5S. The number of fused-ring (bicyclic) bond motifs is 1. The number of thiazole rings is 1. The zero-order chi connectivity index (χ0) is 14.1. The maximum Gasteiger partial charge on any atom is 0.195 e. The lowest BCUT2D eigenvalue weighted by Crippen LogP contribution is -2.20. The fourth-order valence-corrected chi connectivity index (χ4v) is 2.99. The molecular weight excluding hydrogens is 270 g/mol. The summed E-state index contributed by atoms with van der Waals surface area (Å²) < 4.78 is 4.21. The molecule has 0 amide bonds. The van der Waals surface area contributed by atoms with Gasteiger partial charge in [0.05, 0.1) is 5.69 Å². The zero-order valence-corrected chi connectivity index (χ0v) is 12.8. The molecule has 0 bridgehead atoms. The van der Waals surface area contributed by atoms with Crippen LogP contribution in [0.2, 0.25) is 0 Å². The maximum absolute atomic E-state index is 4.74. The van der Waals surface area contributed by atoms with Crippen molar-refractivity contribution in [2.75, 3.05) is 6.54 Å². The number of aryl methyl sites for hydroxylation is 1. The van der Waals surface area contributed by atoms with E-state index in [0.29, 0.717) is 5.92 Å². The molecule has 0 unspecified atom stereocenters. The highest BCUT2D eigenvalue weighted by Gasteiger charge is 2.15. The molecule has 5 nitrogen and oxygen atoms in total. The molecule has 20 heavy (non-hydrogen) atoms. The van der Waals surface area contributed by atoms with Crippen LogP contribution in [0, 0.1) is 12.8 Å². The molecule has 0 atom stereocenters. The smallest absolute Gasteiger partial charge is 0.195 e. The van der Waals surface area contributed by atoms with E-state index >= 15 is 0 Å². The number of rotatable bonds is 5. The van der Waals surface area contributed by atoms with Crippen molar-refractivity contribution in [2.24, 2.45) is 5.92 Å². The van der Waals surface area contributed by atoms with Crippen LogP contribution in [0.1, 0.15) is 25.4 Å². The summed E-state index contributed by atoms with van der Waals surface area (Å²) in [5, 5.41) is 5.57. The Morgan fingerprint density at radius 1 is 1.35 bits per heavy atom. The first-order valence-electron chi connectivity index (χ1n) is 6.82. The molecule has 0 radical (unpaired) electrons. The van der Waals surface area contributed by atoms with Crippen LogP contribution in [-0.2, 0) is 6.54 Å². The van der Waals surface area contributed by atoms with Gasteiger partial charge in [-0.2, -0.15) is 0 Å². The van der Waals surface area contributed by atoms with E-state index in [2.05, 4.69) is 40.1 Å². The lowest BCUT2D eigenvalue weighted by molar-refractivity contribution is 0.546. The standard InChI is InChI=1S/C14H19N5S/c1-10(2)8-15-9-12-13(18-5-4-16-11(18)3)17-14-19(12)6-7-20-14/h4-7,10,15H,8-9H2,1-3H3. The first kappa shape index (κ1) is 13.3. The molecule has 3 aromatic heterocycles. The molecule has 1 N–H and O–H groups in total. The predicted octanol–water partition coefficient (Wildman–Crippen LogP) is 2.64. The molecule has 0 spiro atoms. The van der Waals surface area contributed by atoms with E-state index in [9.17, 15) is 0 Å². The third kappa shape index (κ3) is 2.36. The lowest BCUT2D eigenvalue weighted by atomic mass is 10.2. The molecule has 0 fully saturated rings. The first-order chi connectivity index (χ1) is 9.66. The van der Waals surface area contributed by atoms with Gasteiger partial charge in [0.25, 0.3) is 0 Å². The van der Waals surface area contributed by atoms with Crippen LogP contribution >= 0.6 is 11.3 Å². The molecule has 0 aliphatic carbocycles. The van der Waals surface area contributed by atoms with Crippen LogP contribution in [0.15, 0.2) is 24.0 Å². The Morgan fingerprint density at radius 3 is 2.90 bits per heavy atom. The van der Waals surface area contributed by atoms with Crippen LogP contribution in [0.4, 0.5) is 0 Å². The van der Waals surface area contributed by atoms with Gasteiger partial charge in [0, 0.05) is 30.5 Å². The molecule has 3 heterocycles. The van der Waals surface area contributed by atoms with E-state index in [1.54, 1.807) is 11.3 Å². The van der Waals surface area contributed by atoms with E-state index in [-0.39, 0.29) is 0 Å². The minimum atomic E-state index is 0.638. The molecule has 0 aliphatic heterocycles. The Bertz CT molecular complexity index is 706. The molecule has 0 aliphatic rings. The zero-order valence-electron chi connectivity index (χ0n) is 12.0. The summed E-state index contributed by atoms with van der Waals surface area (Å²) in [5.74, 6) is 2.57. The molecule has 0 saturated heterocycles. The minimum absolute atomic E-state index is 0.638. The monoisotopic (exact) mass is 289 g/mol. The number of hydrogen-bond donors (Lipinski definition) is 1. The van der Waals surface area contributed by atoms with Gasteiger partial charge in [-0.3, -0.25) is 8.97 Å². The van der Waals surface area contributed by atoms with Gasteiger partial charge in [0.15, 0.2) is 10.8 Å². The highest BCUT2D eigenvalue weighted by atomic mass is 32.1. The number of hydrogen-bond acceptors (Lipinski definition) is 4. The molecule has 0 aromatic carbocycles. The summed E-state index contributed by atoms with van der Waals surface area (Å²) >= 11 is 1.66. The van der Waals surface area contributed by atoms with Gasteiger partial charge in [0.2, 0.25) is 0 Å². The van der Waals surface area contributed by atoms with Crippen molar-refractivity contribution in [3.8, 4) is 5.82 Å². The Balaban J connectivity index is 1.99. The van der Waals surface area contributed by atoms with Crippen LogP contribution in [0.25, 0.3) is 10.8 Å². The summed E-state index contributed by atoms with van der Waals surface area (Å²) in [7, 11) is 0. The topological polar surface area (TPSA) is 47.2 Å². The van der Waals surface area contributed by atoms with Crippen LogP contribution < -0.4 is 5.32 Å². The SMILES string of the molecule is Cc1nccn1-c1nc2sccn2c1CNCC(C)C. The molecule has 106 valence electrons. The normalized spacial score (nSPS) is 11.8. The third-order valence-corrected chi connectivity index (χ3v) is 4.00. The van der Waals surface area contributed by atoms with Gasteiger partial charge in [-0.1, -0.05) is 13.8 Å². The van der Waals surface area contributed by atoms with Gasteiger partial charge < -0.3 is 5.32 Å². The summed E-state index contributed by atoms with van der Waals surface area (Å²) in [5.41, 5.74) is 1.18. The van der Waals surface area contributed by atoms with Crippen molar-refractivity contribution in [1.82, 2.24) is 24.3 Å². The molecule has 6 heteroatoms. The van der Waals surface area contributed by atoms with Gasteiger partial charge in [-0.15, -0.1) is 11.3 Å². The van der Waals surface area contributed by atoms with Crippen molar-refractivity contribution < 1.29 is 0 Å². The van der Waals surface area contributed by atoms with Crippen molar-refractivity contribution in [2.45, 2.75) is 27.3 Å². The second-order valence-electron chi connectivity index (χ2n) is 5.31. The Hall–Kier alpha value is -1.66. The van der Waals surface area contributed by atoms with Gasteiger partial charge in [0.1, 0.15) is 5.82 Å². The molecule has 3 aromatic rings.